The fraction of sp³-hybridized carbons (Fsp3) is 0.148. The molecule has 0 aliphatic carbocycles. The van der Waals surface area contributed by atoms with Crippen LogP contribution in [-0.4, -0.2) is 15.4 Å². The normalized spacial score (nSPS) is 10.8. The van der Waals surface area contributed by atoms with Crippen molar-refractivity contribution in [3.05, 3.63) is 101 Å². The minimum atomic E-state index is 0.229. The highest BCUT2D eigenvalue weighted by Gasteiger charge is 2.16. The molecule has 0 atom stereocenters. The quantitative estimate of drug-likeness (QED) is 0.357. The number of aryl methyl sites for hydroxylation is 2. The second-order valence-corrected chi connectivity index (χ2v) is 7.58. The smallest absolute Gasteiger partial charge is 0.141 e. The molecule has 0 saturated carbocycles. The molecular formula is C27H25NO3. The van der Waals surface area contributed by atoms with Gasteiger partial charge in [-0.2, -0.15) is 0 Å². The summed E-state index contributed by atoms with van der Waals surface area (Å²) in [4.78, 5) is 0. The van der Waals surface area contributed by atoms with Crippen LogP contribution in [0.1, 0.15) is 41.5 Å². The first-order chi connectivity index (χ1) is 15.0. The molecule has 4 nitrogen and oxygen atoms in total. The summed E-state index contributed by atoms with van der Waals surface area (Å²) in [5, 5.41) is 23.7. The number of benzene rings is 3. The summed E-state index contributed by atoms with van der Waals surface area (Å²) in [6.45, 7) is 6.02. The molecule has 4 aromatic rings. The van der Waals surface area contributed by atoms with Crippen LogP contribution >= 0.6 is 0 Å². The largest absolute Gasteiger partial charge is 0.508 e. The van der Waals surface area contributed by atoms with Crippen molar-refractivity contribution < 1.29 is 14.7 Å². The average molecular weight is 412 g/mol. The molecule has 0 saturated heterocycles. The van der Waals surface area contributed by atoms with Crippen molar-refractivity contribution in [1.29, 1.82) is 0 Å². The van der Waals surface area contributed by atoms with Gasteiger partial charge in [-0.1, -0.05) is 54.5 Å². The molecule has 3 aromatic carbocycles. The Balaban J connectivity index is 1.95. The summed E-state index contributed by atoms with van der Waals surface area (Å²) in [6.07, 6.45) is 0.808. The number of hydrogen-bond donors (Lipinski definition) is 2. The molecule has 0 spiro atoms. The molecule has 0 fully saturated rings. The van der Waals surface area contributed by atoms with E-state index < -0.39 is 0 Å². The van der Waals surface area contributed by atoms with E-state index in [9.17, 15) is 10.2 Å². The molecule has 1 aromatic heterocycles. The highest BCUT2D eigenvalue weighted by Crippen LogP contribution is 2.37. The van der Waals surface area contributed by atoms with Gasteiger partial charge in [0.15, 0.2) is 0 Å². The molecule has 0 unspecified atom stereocenters. The van der Waals surface area contributed by atoms with Crippen molar-refractivity contribution in [2.24, 2.45) is 0 Å². The van der Waals surface area contributed by atoms with Gasteiger partial charge in [0.25, 0.3) is 0 Å². The first kappa shape index (κ1) is 20.5. The maximum atomic E-state index is 9.79. The first-order valence-electron chi connectivity index (χ1n) is 10.3. The van der Waals surface area contributed by atoms with E-state index in [2.05, 4.69) is 36.3 Å². The molecule has 1 heterocycles. The number of nitrogens with zero attached hydrogens (tertiary/aromatic N) is 1. The lowest BCUT2D eigenvalue weighted by Crippen LogP contribution is -1.95. The predicted molar refractivity (Wildman–Crippen MR) is 124 cm³/mol. The monoisotopic (exact) mass is 411 g/mol. The standard InChI is InChI=1S/C27H25NO3/c1-4-25(21-6-5-7-22(16-21)26-17(2)28-31-18(26)3)27(19-8-12-23(29)13-9-19)20-10-14-24(30)15-11-20/h5-16,29-30H,4H2,1-3H3. The van der Waals surface area contributed by atoms with Crippen LogP contribution in [0.3, 0.4) is 0 Å². The van der Waals surface area contributed by atoms with Crippen molar-refractivity contribution in [3.63, 3.8) is 0 Å². The number of allylic oxidation sites excluding steroid dienone is 1. The maximum absolute atomic E-state index is 9.79. The molecule has 4 rings (SSSR count). The van der Waals surface area contributed by atoms with Crippen LogP contribution < -0.4 is 0 Å². The average Bonchev–Trinajstić information content (AvgIpc) is 3.12. The van der Waals surface area contributed by atoms with E-state index in [1.54, 1.807) is 24.3 Å². The number of rotatable bonds is 5. The topological polar surface area (TPSA) is 66.5 Å². The Morgan fingerprint density at radius 2 is 1.39 bits per heavy atom. The van der Waals surface area contributed by atoms with Gasteiger partial charge in [-0.3, -0.25) is 0 Å². The number of phenols is 2. The fourth-order valence-corrected chi connectivity index (χ4v) is 4.05. The molecule has 0 radical (unpaired) electrons. The van der Waals surface area contributed by atoms with Crippen molar-refractivity contribution in [3.8, 4) is 22.6 Å². The molecule has 156 valence electrons. The molecule has 4 heteroatoms. The lowest BCUT2D eigenvalue weighted by Gasteiger charge is -2.17. The molecule has 0 amide bonds. The van der Waals surface area contributed by atoms with E-state index in [4.69, 9.17) is 4.52 Å². The Bertz CT molecular complexity index is 1170. The summed E-state index contributed by atoms with van der Waals surface area (Å²) in [5.74, 6) is 1.26. The van der Waals surface area contributed by atoms with Gasteiger partial charge in [-0.15, -0.1) is 0 Å². The zero-order valence-corrected chi connectivity index (χ0v) is 17.9. The Kier molecular flexibility index (Phi) is 5.63. The summed E-state index contributed by atoms with van der Waals surface area (Å²) >= 11 is 0. The number of aromatic hydroxyl groups is 2. The minimum absolute atomic E-state index is 0.229. The second kappa shape index (κ2) is 8.52. The fourth-order valence-electron chi connectivity index (χ4n) is 4.05. The van der Waals surface area contributed by atoms with E-state index in [0.717, 1.165) is 51.3 Å². The summed E-state index contributed by atoms with van der Waals surface area (Å²) in [6, 6.07) is 22.9. The van der Waals surface area contributed by atoms with Crippen LogP contribution in [0.25, 0.3) is 22.3 Å². The minimum Gasteiger partial charge on any atom is -0.508 e. The Morgan fingerprint density at radius 1 is 0.806 bits per heavy atom. The predicted octanol–water partition coefficient (Wildman–Crippen LogP) is 6.74. The molecule has 31 heavy (non-hydrogen) atoms. The van der Waals surface area contributed by atoms with Crippen LogP contribution in [0.5, 0.6) is 11.5 Å². The van der Waals surface area contributed by atoms with Gasteiger partial charge in [-0.25, -0.2) is 0 Å². The molecule has 2 N–H and O–H groups in total. The molecule has 0 bridgehead atoms. The lowest BCUT2D eigenvalue weighted by molar-refractivity contribution is 0.393. The number of phenolic OH excluding ortho intramolecular Hbond substituents is 2. The van der Waals surface area contributed by atoms with Gasteiger partial charge in [-0.05, 0) is 84.0 Å². The summed E-state index contributed by atoms with van der Waals surface area (Å²) in [7, 11) is 0. The van der Waals surface area contributed by atoms with E-state index in [0.29, 0.717) is 0 Å². The van der Waals surface area contributed by atoms with Gasteiger partial charge >= 0.3 is 0 Å². The second-order valence-electron chi connectivity index (χ2n) is 7.58. The zero-order valence-electron chi connectivity index (χ0n) is 17.9. The van der Waals surface area contributed by atoms with Gasteiger partial charge in [0, 0.05) is 5.56 Å². The zero-order chi connectivity index (χ0) is 22.0. The Morgan fingerprint density at radius 3 is 1.87 bits per heavy atom. The SMILES string of the molecule is CCC(=C(c1ccc(O)cc1)c1ccc(O)cc1)c1cccc(-c2c(C)noc2C)c1. The number of hydrogen-bond acceptors (Lipinski definition) is 4. The van der Waals surface area contributed by atoms with Gasteiger partial charge < -0.3 is 14.7 Å². The van der Waals surface area contributed by atoms with Crippen molar-refractivity contribution >= 4 is 11.1 Å². The van der Waals surface area contributed by atoms with E-state index >= 15 is 0 Å². The molecule has 0 aliphatic heterocycles. The van der Waals surface area contributed by atoms with Gasteiger partial charge in [0.05, 0.1) is 5.69 Å². The van der Waals surface area contributed by atoms with Crippen LogP contribution in [0.15, 0.2) is 77.3 Å². The Labute approximate surface area is 182 Å². The van der Waals surface area contributed by atoms with E-state index in [1.807, 2.05) is 38.1 Å². The highest BCUT2D eigenvalue weighted by atomic mass is 16.5. The van der Waals surface area contributed by atoms with Crippen LogP contribution in [0.2, 0.25) is 0 Å². The summed E-state index contributed by atoms with van der Waals surface area (Å²) < 4.78 is 5.38. The van der Waals surface area contributed by atoms with Crippen LogP contribution in [0.4, 0.5) is 0 Å². The van der Waals surface area contributed by atoms with Crippen molar-refractivity contribution in [2.75, 3.05) is 0 Å². The van der Waals surface area contributed by atoms with Crippen LogP contribution in [-0.2, 0) is 0 Å². The highest BCUT2D eigenvalue weighted by molar-refractivity contribution is 5.99. The van der Waals surface area contributed by atoms with Crippen molar-refractivity contribution in [2.45, 2.75) is 27.2 Å². The molecule has 0 aliphatic rings. The summed E-state index contributed by atoms with van der Waals surface area (Å²) in [5.41, 5.74) is 8.31. The van der Waals surface area contributed by atoms with Crippen LogP contribution in [0, 0.1) is 13.8 Å². The maximum Gasteiger partial charge on any atom is 0.141 e. The first-order valence-corrected chi connectivity index (χ1v) is 10.3. The van der Waals surface area contributed by atoms with Gasteiger partial charge in [0.2, 0.25) is 0 Å². The molecular weight excluding hydrogens is 386 g/mol. The third-order valence-corrected chi connectivity index (χ3v) is 5.50. The third-order valence-electron chi connectivity index (χ3n) is 5.50. The third kappa shape index (κ3) is 4.10. The van der Waals surface area contributed by atoms with E-state index in [1.165, 1.54) is 5.57 Å². The number of aromatic nitrogens is 1. The lowest BCUT2D eigenvalue weighted by atomic mass is 9.87. The van der Waals surface area contributed by atoms with Crippen molar-refractivity contribution in [1.82, 2.24) is 5.16 Å². The van der Waals surface area contributed by atoms with Gasteiger partial charge in [0.1, 0.15) is 17.3 Å². The van der Waals surface area contributed by atoms with E-state index in [-0.39, 0.29) is 11.5 Å². The Hall–Kier alpha value is -3.79.